The standard InChI is InChI=1S/HNO4S2/c2-6(3)1-7(4)5/h(H,2,3). The van der Waals surface area contributed by atoms with Crippen LogP contribution >= 0.6 is 0 Å². The molecular weight excluding hydrogens is 142 g/mol. The summed E-state index contributed by atoms with van der Waals surface area (Å²) in [5.74, 6) is 0. The number of hydrogen-bond donors (Lipinski definition) is 1. The lowest BCUT2D eigenvalue weighted by Gasteiger charge is -1.63. The van der Waals surface area contributed by atoms with Crippen LogP contribution in [0.15, 0.2) is 3.77 Å². The van der Waals surface area contributed by atoms with Crippen LogP contribution in [0.5, 0.6) is 0 Å². The van der Waals surface area contributed by atoms with Crippen molar-refractivity contribution in [3.8, 4) is 0 Å². The topological polar surface area (TPSA) is 83.8 Å². The Hall–Kier alpha value is -0.270. The molecule has 7 heteroatoms. The second kappa shape index (κ2) is 2.83. The van der Waals surface area contributed by atoms with Gasteiger partial charge < -0.3 is 0 Å². The first-order valence-electron chi connectivity index (χ1n) is 1.05. The Morgan fingerprint density at radius 3 is 1.71 bits per heavy atom. The van der Waals surface area contributed by atoms with Crippen molar-refractivity contribution in [2.45, 2.75) is 0 Å². The molecule has 0 fully saturated rings. The van der Waals surface area contributed by atoms with E-state index in [-0.39, 0.29) is 0 Å². The second-order valence-electron chi connectivity index (χ2n) is 0.522. The molecule has 1 N–H and O–H groups in total. The van der Waals surface area contributed by atoms with Crippen LogP contribution in [0.4, 0.5) is 0 Å². The molecule has 1 atom stereocenters. The van der Waals surface area contributed by atoms with Gasteiger partial charge in [0, 0.05) is 0 Å². The van der Waals surface area contributed by atoms with Crippen LogP contribution in [0.25, 0.3) is 0 Å². The molecule has 0 saturated heterocycles. The van der Waals surface area contributed by atoms with Crippen LogP contribution in [0.3, 0.4) is 0 Å². The number of rotatable bonds is 1. The minimum atomic E-state index is -2.77. The quantitative estimate of drug-likeness (QED) is 0.486. The van der Waals surface area contributed by atoms with Crippen molar-refractivity contribution in [2.24, 2.45) is 3.77 Å². The van der Waals surface area contributed by atoms with Gasteiger partial charge in [-0.1, -0.05) is 0 Å². The predicted octanol–water partition coefficient (Wildman–Crippen LogP) is -0.814. The molecule has 42 valence electrons. The third kappa shape index (κ3) is 5.73. The average Bonchev–Trinajstić information content (AvgIpc) is 1.27. The SMILES string of the molecule is O=S(O)N=S(=O)=O. The molecule has 0 rings (SSSR count). The van der Waals surface area contributed by atoms with Crippen LogP contribution < -0.4 is 0 Å². The van der Waals surface area contributed by atoms with Crippen LogP contribution in [0.1, 0.15) is 0 Å². The average molecular weight is 143 g/mol. The van der Waals surface area contributed by atoms with Gasteiger partial charge in [0.2, 0.25) is 0 Å². The summed E-state index contributed by atoms with van der Waals surface area (Å²) in [5.41, 5.74) is 0. The zero-order valence-electron chi connectivity index (χ0n) is 2.94. The summed E-state index contributed by atoms with van der Waals surface area (Å²) in [6.07, 6.45) is 0. The van der Waals surface area contributed by atoms with Crippen molar-refractivity contribution in [2.75, 3.05) is 0 Å². The van der Waals surface area contributed by atoms with E-state index in [1.54, 1.807) is 0 Å². The number of nitrogens with zero attached hydrogens (tertiary/aromatic N) is 1. The second-order valence-corrected chi connectivity index (χ2v) is 2.01. The highest BCUT2D eigenvalue weighted by Crippen LogP contribution is 1.68. The minimum absolute atomic E-state index is 2.22. The summed E-state index contributed by atoms with van der Waals surface area (Å²) >= 11 is -2.58. The lowest BCUT2D eigenvalue weighted by atomic mass is 13.9. The normalized spacial score (nSPS) is 12.7. The van der Waals surface area contributed by atoms with E-state index in [0.29, 0.717) is 0 Å². The smallest absolute Gasteiger partial charge is 0.287 e. The molecule has 0 aliphatic heterocycles. The predicted molar refractivity (Wildman–Crippen MR) is 22.1 cm³/mol. The Kier molecular flexibility index (Phi) is 2.72. The highest BCUT2D eigenvalue weighted by molar-refractivity contribution is 7.84. The van der Waals surface area contributed by atoms with E-state index >= 15 is 0 Å². The fourth-order valence-electron chi connectivity index (χ4n) is 0.0521. The summed E-state index contributed by atoms with van der Waals surface area (Å²) in [4.78, 5) is 0. The fourth-order valence-corrected chi connectivity index (χ4v) is 0.469. The Morgan fingerprint density at radius 1 is 1.29 bits per heavy atom. The van der Waals surface area contributed by atoms with Crippen molar-refractivity contribution in [1.29, 1.82) is 0 Å². The first kappa shape index (κ1) is 6.73. The van der Waals surface area contributed by atoms with Gasteiger partial charge in [-0.2, -0.15) is 8.42 Å². The van der Waals surface area contributed by atoms with Gasteiger partial charge in [-0.3, -0.25) is 4.55 Å². The van der Waals surface area contributed by atoms with Crippen LogP contribution in [-0.4, -0.2) is 17.2 Å². The van der Waals surface area contributed by atoms with Gasteiger partial charge in [-0.15, -0.1) is 0 Å². The van der Waals surface area contributed by atoms with E-state index in [1.165, 1.54) is 0 Å². The molecule has 0 heterocycles. The molecule has 0 aromatic rings. The Labute approximate surface area is 43.5 Å². The molecule has 0 radical (unpaired) electrons. The molecule has 0 amide bonds. The summed E-state index contributed by atoms with van der Waals surface area (Å²) in [7, 11) is -2.77. The summed E-state index contributed by atoms with van der Waals surface area (Å²) in [6, 6.07) is 0. The van der Waals surface area contributed by atoms with E-state index in [1.807, 2.05) is 0 Å². The van der Waals surface area contributed by atoms with Gasteiger partial charge >= 0.3 is 10.5 Å². The highest BCUT2D eigenvalue weighted by atomic mass is 32.2. The summed E-state index contributed by atoms with van der Waals surface area (Å²) in [6.45, 7) is 0. The molecule has 7 heavy (non-hydrogen) atoms. The maximum atomic E-state index is 9.36. The van der Waals surface area contributed by atoms with Crippen LogP contribution in [-0.2, 0) is 21.8 Å². The van der Waals surface area contributed by atoms with Crippen LogP contribution in [0, 0.1) is 0 Å². The molecule has 0 saturated carbocycles. The Morgan fingerprint density at radius 2 is 1.71 bits per heavy atom. The highest BCUT2D eigenvalue weighted by Gasteiger charge is 1.79. The Bertz CT molecular complexity index is 178. The first-order valence-corrected chi connectivity index (χ1v) is 3.14. The lowest BCUT2D eigenvalue weighted by molar-refractivity contribution is 0.566. The minimum Gasteiger partial charge on any atom is -0.287 e. The molecule has 5 nitrogen and oxygen atoms in total. The zero-order valence-corrected chi connectivity index (χ0v) is 4.57. The van der Waals surface area contributed by atoms with Gasteiger partial charge in [0.15, 0.2) is 0 Å². The van der Waals surface area contributed by atoms with E-state index in [2.05, 4.69) is 3.77 Å². The first-order chi connectivity index (χ1) is 3.13. The van der Waals surface area contributed by atoms with Crippen molar-refractivity contribution in [3.05, 3.63) is 0 Å². The van der Waals surface area contributed by atoms with Gasteiger partial charge in [-0.05, 0) is 3.77 Å². The lowest BCUT2D eigenvalue weighted by Crippen LogP contribution is -1.74. The number of hydrogen-bond acceptors (Lipinski definition) is 3. The molecule has 0 spiro atoms. The molecular formula is HNO4S2. The molecule has 0 aliphatic carbocycles. The van der Waals surface area contributed by atoms with Gasteiger partial charge in [0.05, 0.1) is 0 Å². The molecule has 0 aliphatic rings. The van der Waals surface area contributed by atoms with E-state index in [0.717, 1.165) is 0 Å². The summed E-state index contributed by atoms with van der Waals surface area (Å²) < 4.78 is 37.8. The monoisotopic (exact) mass is 143 g/mol. The largest absolute Gasteiger partial charge is 0.326 e. The maximum absolute atomic E-state index is 9.36. The molecule has 1 unspecified atom stereocenters. The fraction of sp³-hybridized carbons (Fsp3) is 0. The molecule has 0 bridgehead atoms. The van der Waals surface area contributed by atoms with E-state index in [9.17, 15) is 12.6 Å². The van der Waals surface area contributed by atoms with E-state index in [4.69, 9.17) is 4.55 Å². The van der Waals surface area contributed by atoms with Crippen molar-refractivity contribution in [1.82, 2.24) is 0 Å². The third-order valence-corrected chi connectivity index (χ3v) is 1.12. The van der Waals surface area contributed by atoms with E-state index < -0.39 is 21.8 Å². The summed E-state index contributed by atoms with van der Waals surface area (Å²) in [5, 5.41) is 0. The molecule has 0 aromatic carbocycles. The maximum Gasteiger partial charge on any atom is 0.326 e. The van der Waals surface area contributed by atoms with Gasteiger partial charge in [0.25, 0.3) is 11.3 Å². The van der Waals surface area contributed by atoms with Crippen molar-refractivity contribution >= 4 is 21.8 Å². The van der Waals surface area contributed by atoms with Gasteiger partial charge in [0.1, 0.15) is 0 Å². The van der Waals surface area contributed by atoms with Crippen molar-refractivity contribution in [3.63, 3.8) is 0 Å². The van der Waals surface area contributed by atoms with Crippen molar-refractivity contribution < 1.29 is 17.2 Å². The van der Waals surface area contributed by atoms with Gasteiger partial charge in [-0.25, -0.2) is 4.21 Å². The van der Waals surface area contributed by atoms with Crippen LogP contribution in [0.2, 0.25) is 0 Å². The zero-order chi connectivity index (χ0) is 5.86. The molecule has 0 aromatic heterocycles. The Balaban J connectivity index is 4.26. The third-order valence-electron chi connectivity index (χ3n) is 0.125.